The number of nitrogens with zero attached hydrogens (tertiary/aromatic N) is 3. The fourth-order valence-corrected chi connectivity index (χ4v) is 5.39. The number of nitrogens with one attached hydrogen (secondary N) is 1. The van der Waals surface area contributed by atoms with E-state index < -0.39 is 0 Å². The number of fused-ring (bicyclic) bond motifs is 1. The van der Waals surface area contributed by atoms with Crippen LogP contribution >= 0.6 is 0 Å². The van der Waals surface area contributed by atoms with Crippen LogP contribution in [0.2, 0.25) is 0 Å². The predicted octanol–water partition coefficient (Wildman–Crippen LogP) is 6.42. The van der Waals surface area contributed by atoms with Crippen molar-refractivity contribution in [1.82, 2.24) is 19.8 Å². The van der Waals surface area contributed by atoms with Crippen molar-refractivity contribution in [1.29, 1.82) is 0 Å². The van der Waals surface area contributed by atoms with E-state index in [0.717, 1.165) is 53.7 Å². The summed E-state index contributed by atoms with van der Waals surface area (Å²) in [5.41, 5.74) is 5.27. The lowest BCUT2D eigenvalue weighted by molar-refractivity contribution is -0.135. The highest BCUT2D eigenvalue weighted by Gasteiger charge is 2.22. The van der Waals surface area contributed by atoms with Crippen LogP contribution in [0.25, 0.3) is 22.2 Å². The average Bonchev–Trinajstić information content (AvgIpc) is 3.28. The molecule has 1 aromatic heterocycles. The second-order valence-electron chi connectivity index (χ2n) is 11.0. The Labute approximate surface area is 238 Å². The second-order valence-corrected chi connectivity index (χ2v) is 11.0. The lowest BCUT2D eigenvalue weighted by atomic mass is 10.0. The van der Waals surface area contributed by atoms with Crippen molar-refractivity contribution in [2.45, 2.75) is 78.4 Å². The molecule has 4 rings (SSSR count). The Bertz CT molecular complexity index is 1380. The third-order valence-corrected chi connectivity index (χ3v) is 7.25. The van der Waals surface area contributed by atoms with Crippen molar-refractivity contribution in [2.75, 3.05) is 6.54 Å². The first kappa shape index (κ1) is 29.1. The van der Waals surface area contributed by atoms with E-state index in [4.69, 9.17) is 4.98 Å². The molecule has 0 aliphatic carbocycles. The van der Waals surface area contributed by atoms with Crippen LogP contribution in [0, 0.1) is 0 Å². The predicted molar refractivity (Wildman–Crippen MR) is 163 cm³/mol. The van der Waals surface area contributed by atoms with Gasteiger partial charge in [-0.25, -0.2) is 4.98 Å². The first-order valence-corrected chi connectivity index (χ1v) is 14.5. The highest BCUT2D eigenvalue weighted by Crippen LogP contribution is 2.20. The van der Waals surface area contributed by atoms with E-state index in [9.17, 15) is 9.59 Å². The van der Waals surface area contributed by atoms with E-state index in [-0.39, 0.29) is 23.9 Å². The van der Waals surface area contributed by atoms with E-state index in [1.165, 1.54) is 5.56 Å². The third kappa shape index (κ3) is 7.59. The summed E-state index contributed by atoms with van der Waals surface area (Å²) in [5.74, 6) is 1.12. The van der Waals surface area contributed by atoms with E-state index in [0.29, 0.717) is 19.5 Å². The Hall–Kier alpha value is -3.93. The van der Waals surface area contributed by atoms with Gasteiger partial charge < -0.3 is 14.8 Å². The fraction of sp³-hybridized carbons (Fsp3) is 0.382. The molecular weight excluding hydrogens is 496 g/mol. The van der Waals surface area contributed by atoms with E-state index in [2.05, 4.69) is 61.8 Å². The molecule has 2 amide bonds. The van der Waals surface area contributed by atoms with Crippen LogP contribution in [0.3, 0.4) is 0 Å². The molecule has 0 fully saturated rings. The minimum Gasteiger partial charge on any atom is -0.356 e. The van der Waals surface area contributed by atoms with Gasteiger partial charge >= 0.3 is 0 Å². The monoisotopic (exact) mass is 538 g/mol. The number of aromatic nitrogens is 2. The van der Waals surface area contributed by atoms with Gasteiger partial charge in [0.2, 0.25) is 11.8 Å². The topological polar surface area (TPSA) is 67.2 Å². The molecule has 1 N–H and O–H groups in total. The number of benzene rings is 3. The number of hydrogen-bond donors (Lipinski definition) is 1. The van der Waals surface area contributed by atoms with Crippen molar-refractivity contribution >= 4 is 22.8 Å². The Morgan fingerprint density at radius 2 is 1.45 bits per heavy atom. The van der Waals surface area contributed by atoms with Gasteiger partial charge in [0.05, 0.1) is 17.5 Å². The van der Waals surface area contributed by atoms with Crippen LogP contribution in [-0.4, -0.2) is 44.9 Å². The van der Waals surface area contributed by atoms with Gasteiger partial charge in [-0.2, -0.15) is 0 Å². The minimum absolute atomic E-state index is 0.0487. The summed E-state index contributed by atoms with van der Waals surface area (Å²) in [6, 6.07) is 26.8. The van der Waals surface area contributed by atoms with Crippen LogP contribution in [0.15, 0.2) is 78.9 Å². The zero-order valence-corrected chi connectivity index (χ0v) is 24.3. The summed E-state index contributed by atoms with van der Waals surface area (Å²) in [5, 5.41) is 3.06. The van der Waals surface area contributed by atoms with Crippen molar-refractivity contribution in [3.05, 3.63) is 90.3 Å². The van der Waals surface area contributed by atoms with Gasteiger partial charge in [-0.1, -0.05) is 73.2 Å². The number of amides is 2. The van der Waals surface area contributed by atoms with Gasteiger partial charge in [0, 0.05) is 25.0 Å². The smallest absolute Gasteiger partial charge is 0.243 e. The first-order valence-electron chi connectivity index (χ1n) is 14.5. The highest BCUT2D eigenvalue weighted by atomic mass is 16.2. The minimum atomic E-state index is 0.0487. The second kappa shape index (κ2) is 13.9. The summed E-state index contributed by atoms with van der Waals surface area (Å²) in [7, 11) is 0. The Morgan fingerprint density at radius 3 is 2.15 bits per heavy atom. The maximum absolute atomic E-state index is 13.2. The third-order valence-electron chi connectivity index (χ3n) is 7.25. The molecule has 0 spiro atoms. The van der Waals surface area contributed by atoms with Crippen LogP contribution < -0.4 is 5.32 Å². The molecular formula is C34H42N4O2. The molecule has 0 bridgehead atoms. The Balaban J connectivity index is 1.24. The number of rotatable bonds is 13. The quantitative estimate of drug-likeness (QED) is 0.200. The van der Waals surface area contributed by atoms with Crippen LogP contribution in [0.5, 0.6) is 0 Å². The van der Waals surface area contributed by atoms with Crippen molar-refractivity contribution in [3.8, 4) is 11.1 Å². The number of aryl methyl sites for hydroxylation is 1. The number of hydrogen-bond acceptors (Lipinski definition) is 3. The number of carbonyl (C=O) groups is 2. The van der Waals surface area contributed by atoms with E-state index in [1.807, 2.05) is 59.5 Å². The highest BCUT2D eigenvalue weighted by molar-refractivity contribution is 5.81. The number of para-hydroxylation sites is 2. The van der Waals surface area contributed by atoms with Gasteiger partial charge in [-0.05, 0) is 69.4 Å². The van der Waals surface area contributed by atoms with Crippen LogP contribution in [0.1, 0.15) is 58.3 Å². The molecule has 40 heavy (non-hydrogen) atoms. The van der Waals surface area contributed by atoms with Crippen molar-refractivity contribution in [2.24, 2.45) is 0 Å². The molecule has 0 saturated heterocycles. The molecule has 0 unspecified atom stereocenters. The van der Waals surface area contributed by atoms with Crippen LogP contribution in [0.4, 0.5) is 0 Å². The standard InChI is InChI=1S/C34H42N4O2/c1-25(2)38(26(3)4)34(40)24-37-31-16-11-10-15-30(31)36-32(37)17-9-6-12-22-35-33(39)23-27-18-20-29(21-19-27)28-13-7-5-8-14-28/h5,7-8,10-11,13-16,18-21,25-26H,6,9,12,17,22-24H2,1-4H3,(H,35,39). The normalized spacial score (nSPS) is 11.3. The van der Waals surface area contributed by atoms with Crippen molar-refractivity contribution in [3.63, 3.8) is 0 Å². The molecule has 6 nitrogen and oxygen atoms in total. The average molecular weight is 539 g/mol. The maximum atomic E-state index is 13.2. The lowest BCUT2D eigenvalue weighted by Gasteiger charge is -2.31. The number of imidazole rings is 1. The molecule has 6 heteroatoms. The van der Waals surface area contributed by atoms with Crippen molar-refractivity contribution < 1.29 is 9.59 Å². The molecule has 3 aromatic carbocycles. The van der Waals surface area contributed by atoms with Gasteiger partial charge in [-0.3, -0.25) is 9.59 Å². The number of carbonyl (C=O) groups excluding carboxylic acids is 2. The molecule has 1 heterocycles. The SMILES string of the molecule is CC(C)N(C(=O)Cn1c(CCCCCNC(=O)Cc2ccc(-c3ccccc3)cc2)nc2ccccc21)C(C)C. The molecule has 0 radical (unpaired) electrons. The lowest BCUT2D eigenvalue weighted by Crippen LogP contribution is -2.43. The number of unbranched alkanes of at least 4 members (excludes halogenated alkanes) is 2. The summed E-state index contributed by atoms with van der Waals surface area (Å²) in [6.45, 7) is 9.20. The summed E-state index contributed by atoms with van der Waals surface area (Å²) in [6.07, 6.45) is 4.02. The summed E-state index contributed by atoms with van der Waals surface area (Å²) in [4.78, 5) is 32.5. The summed E-state index contributed by atoms with van der Waals surface area (Å²) < 4.78 is 2.08. The molecule has 0 aliphatic heterocycles. The Kier molecular flexibility index (Phi) is 10.1. The fourth-order valence-electron chi connectivity index (χ4n) is 5.39. The molecule has 0 aliphatic rings. The largest absolute Gasteiger partial charge is 0.356 e. The van der Waals surface area contributed by atoms with E-state index in [1.54, 1.807) is 0 Å². The summed E-state index contributed by atoms with van der Waals surface area (Å²) >= 11 is 0. The molecule has 210 valence electrons. The molecule has 0 saturated carbocycles. The van der Waals surface area contributed by atoms with Crippen LogP contribution in [-0.2, 0) is 29.0 Å². The van der Waals surface area contributed by atoms with Gasteiger partial charge in [0.25, 0.3) is 0 Å². The molecule has 0 atom stereocenters. The zero-order chi connectivity index (χ0) is 28.5. The zero-order valence-electron chi connectivity index (χ0n) is 24.3. The maximum Gasteiger partial charge on any atom is 0.243 e. The van der Waals surface area contributed by atoms with Gasteiger partial charge in [0.1, 0.15) is 12.4 Å². The van der Waals surface area contributed by atoms with Gasteiger partial charge in [0.15, 0.2) is 0 Å². The van der Waals surface area contributed by atoms with Gasteiger partial charge in [-0.15, -0.1) is 0 Å². The molecule has 4 aromatic rings. The Morgan fingerprint density at radius 1 is 0.800 bits per heavy atom. The van der Waals surface area contributed by atoms with E-state index >= 15 is 0 Å². The first-order chi connectivity index (χ1) is 19.3.